The normalized spacial score (nSPS) is 11.1. The third-order valence-electron chi connectivity index (χ3n) is 4.45. The number of benzene rings is 2. The number of rotatable bonds is 7. The zero-order valence-corrected chi connectivity index (χ0v) is 19.5. The average Bonchev–Trinajstić information content (AvgIpc) is 3.47. The Balaban J connectivity index is 0.00000272. The molecule has 4 aromatic rings. The topological polar surface area (TPSA) is 91.1 Å². The number of oxazole rings is 1. The summed E-state index contributed by atoms with van der Waals surface area (Å²) in [6, 6.07) is 20.0. The van der Waals surface area contributed by atoms with E-state index < -0.39 is 0 Å². The van der Waals surface area contributed by atoms with E-state index in [1.54, 1.807) is 6.26 Å². The Morgan fingerprint density at radius 2 is 1.71 bits per heavy atom. The van der Waals surface area contributed by atoms with Crippen LogP contribution >= 0.6 is 24.0 Å². The quantitative estimate of drug-likeness (QED) is 0.185. The highest BCUT2D eigenvalue weighted by molar-refractivity contribution is 14.0. The van der Waals surface area contributed by atoms with Crippen LogP contribution in [-0.2, 0) is 13.1 Å². The fraction of sp³-hybridized carbons (Fsp3) is 0.174. The van der Waals surface area contributed by atoms with Gasteiger partial charge in [0.15, 0.2) is 5.96 Å². The van der Waals surface area contributed by atoms with Crippen molar-refractivity contribution < 1.29 is 4.42 Å². The first-order chi connectivity index (χ1) is 14.8. The predicted octanol–water partition coefficient (Wildman–Crippen LogP) is 4.61. The summed E-state index contributed by atoms with van der Waals surface area (Å²) >= 11 is 0. The van der Waals surface area contributed by atoms with E-state index in [0.717, 1.165) is 34.9 Å². The Morgan fingerprint density at radius 1 is 1.00 bits per heavy atom. The van der Waals surface area contributed by atoms with Gasteiger partial charge in [0, 0.05) is 12.1 Å². The summed E-state index contributed by atoms with van der Waals surface area (Å²) < 4.78 is 5.58. The molecule has 0 aliphatic carbocycles. The molecule has 0 aliphatic heterocycles. The summed E-state index contributed by atoms with van der Waals surface area (Å²) in [5.74, 6) is 2.13. The summed E-state index contributed by atoms with van der Waals surface area (Å²) in [6.45, 7) is 3.74. The number of guanidine groups is 1. The van der Waals surface area contributed by atoms with Crippen molar-refractivity contribution in [1.29, 1.82) is 0 Å². The molecule has 8 heteroatoms. The SMILES string of the molecule is CCNC(=NCc1coc(-c2ccccc2)n1)NCc1ncc(-c2ccccc2)[nH]1.I. The number of H-pyrrole nitrogens is 1. The summed E-state index contributed by atoms with van der Waals surface area (Å²) in [4.78, 5) is 16.9. The van der Waals surface area contributed by atoms with Crippen LogP contribution in [-0.4, -0.2) is 27.5 Å². The van der Waals surface area contributed by atoms with E-state index in [1.165, 1.54) is 0 Å². The van der Waals surface area contributed by atoms with Gasteiger partial charge in [-0.05, 0) is 24.6 Å². The van der Waals surface area contributed by atoms with Crippen LogP contribution in [0.2, 0.25) is 0 Å². The molecular formula is C23H25IN6O. The smallest absolute Gasteiger partial charge is 0.226 e. The summed E-state index contributed by atoms with van der Waals surface area (Å²) in [7, 11) is 0. The molecule has 0 saturated heterocycles. The van der Waals surface area contributed by atoms with Crippen LogP contribution in [0.25, 0.3) is 22.7 Å². The minimum Gasteiger partial charge on any atom is -0.444 e. The molecule has 0 atom stereocenters. The van der Waals surface area contributed by atoms with Gasteiger partial charge in [-0.15, -0.1) is 24.0 Å². The van der Waals surface area contributed by atoms with E-state index in [0.29, 0.717) is 24.9 Å². The van der Waals surface area contributed by atoms with Gasteiger partial charge in [-0.25, -0.2) is 15.0 Å². The van der Waals surface area contributed by atoms with E-state index in [9.17, 15) is 0 Å². The molecule has 0 bridgehead atoms. The van der Waals surface area contributed by atoms with Gasteiger partial charge in [-0.1, -0.05) is 48.5 Å². The molecular weight excluding hydrogens is 503 g/mol. The first-order valence-electron chi connectivity index (χ1n) is 9.93. The first-order valence-corrected chi connectivity index (χ1v) is 9.93. The predicted molar refractivity (Wildman–Crippen MR) is 133 cm³/mol. The minimum absolute atomic E-state index is 0. The van der Waals surface area contributed by atoms with Crippen LogP contribution in [0, 0.1) is 0 Å². The van der Waals surface area contributed by atoms with Crippen LogP contribution in [0.5, 0.6) is 0 Å². The van der Waals surface area contributed by atoms with Gasteiger partial charge in [-0.3, -0.25) is 0 Å². The van der Waals surface area contributed by atoms with E-state index in [4.69, 9.17) is 4.42 Å². The van der Waals surface area contributed by atoms with Crippen LogP contribution in [0.3, 0.4) is 0 Å². The maximum absolute atomic E-state index is 5.58. The molecule has 0 spiro atoms. The maximum Gasteiger partial charge on any atom is 0.226 e. The fourth-order valence-electron chi connectivity index (χ4n) is 2.98. The highest BCUT2D eigenvalue weighted by Crippen LogP contribution is 2.18. The Morgan fingerprint density at radius 3 is 2.42 bits per heavy atom. The lowest BCUT2D eigenvalue weighted by Crippen LogP contribution is -2.37. The van der Waals surface area contributed by atoms with Crippen molar-refractivity contribution in [2.75, 3.05) is 6.54 Å². The second kappa shape index (κ2) is 11.3. The van der Waals surface area contributed by atoms with Gasteiger partial charge in [-0.2, -0.15) is 0 Å². The van der Waals surface area contributed by atoms with Gasteiger partial charge >= 0.3 is 0 Å². The molecule has 7 nitrogen and oxygen atoms in total. The first kappa shape index (κ1) is 22.5. The van der Waals surface area contributed by atoms with E-state index in [1.807, 2.05) is 61.7 Å². The number of hydrogen-bond donors (Lipinski definition) is 3. The molecule has 0 saturated carbocycles. The molecule has 0 aliphatic rings. The largest absolute Gasteiger partial charge is 0.444 e. The van der Waals surface area contributed by atoms with E-state index in [-0.39, 0.29) is 24.0 Å². The molecule has 0 amide bonds. The van der Waals surface area contributed by atoms with Crippen molar-refractivity contribution in [3.8, 4) is 22.7 Å². The van der Waals surface area contributed by atoms with Gasteiger partial charge in [0.05, 0.1) is 25.0 Å². The molecule has 2 heterocycles. The van der Waals surface area contributed by atoms with Crippen molar-refractivity contribution in [2.45, 2.75) is 20.0 Å². The monoisotopic (exact) mass is 528 g/mol. The Kier molecular flexibility index (Phi) is 8.22. The number of aromatic amines is 1. The standard InChI is InChI=1S/C23H24N6O.HI/c1-2-24-23(26-13-19-16-30-22(28-19)18-11-7-4-8-12-18)27-15-21-25-14-20(29-21)17-9-5-3-6-10-17;/h3-12,14,16H,2,13,15H2,1H3,(H,25,29)(H2,24,26,27);1H. The zero-order valence-electron chi connectivity index (χ0n) is 17.2. The second-order valence-corrected chi connectivity index (χ2v) is 6.67. The summed E-state index contributed by atoms with van der Waals surface area (Å²) in [5, 5.41) is 6.54. The number of imidazole rings is 1. The molecule has 4 rings (SSSR count). The number of aromatic nitrogens is 3. The molecule has 0 fully saturated rings. The van der Waals surface area contributed by atoms with Crippen LogP contribution < -0.4 is 10.6 Å². The van der Waals surface area contributed by atoms with Crippen LogP contribution in [0.15, 0.2) is 82.5 Å². The molecule has 2 aromatic heterocycles. The molecule has 3 N–H and O–H groups in total. The molecule has 2 aromatic carbocycles. The van der Waals surface area contributed by atoms with Crippen molar-refractivity contribution in [1.82, 2.24) is 25.6 Å². The van der Waals surface area contributed by atoms with Crippen LogP contribution in [0.4, 0.5) is 0 Å². The van der Waals surface area contributed by atoms with Crippen molar-refractivity contribution >= 4 is 29.9 Å². The Labute approximate surface area is 198 Å². The number of aliphatic imine (C=N–C) groups is 1. The Hall–Kier alpha value is -3.14. The molecule has 0 radical (unpaired) electrons. The Bertz CT molecular complexity index is 1090. The number of halogens is 1. The minimum atomic E-state index is 0. The van der Waals surface area contributed by atoms with Crippen molar-refractivity contribution in [2.24, 2.45) is 4.99 Å². The lowest BCUT2D eigenvalue weighted by Gasteiger charge is -2.09. The number of hydrogen-bond acceptors (Lipinski definition) is 4. The zero-order chi connectivity index (χ0) is 20.6. The number of nitrogens with one attached hydrogen (secondary N) is 3. The highest BCUT2D eigenvalue weighted by Gasteiger charge is 2.07. The van der Waals surface area contributed by atoms with Crippen molar-refractivity contribution in [3.05, 3.63) is 84.6 Å². The highest BCUT2D eigenvalue weighted by atomic mass is 127. The van der Waals surface area contributed by atoms with Gasteiger partial charge in [0.1, 0.15) is 17.8 Å². The van der Waals surface area contributed by atoms with Gasteiger partial charge < -0.3 is 20.0 Å². The lowest BCUT2D eigenvalue weighted by molar-refractivity contribution is 0.572. The van der Waals surface area contributed by atoms with Gasteiger partial charge in [0.25, 0.3) is 0 Å². The van der Waals surface area contributed by atoms with E-state index >= 15 is 0 Å². The van der Waals surface area contributed by atoms with Crippen molar-refractivity contribution in [3.63, 3.8) is 0 Å². The average molecular weight is 528 g/mol. The summed E-state index contributed by atoms with van der Waals surface area (Å²) in [6.07, 6.45) is 3.49. The molecule has 160 valence electrons. The maximum atomic E-state index is 5.58. The third-order valence-corrected chi connectivity index (χ3v) is 4.45. The lowest BCUT2D eigenvalue weighted by atomic mass is 10.2. The van der Waals surface area contributed by atoms with Crippen LogP contribution in [0.1, 0.15) is 18.4 Å². The molecule has 0 unspecified atom stereocenters. The fourth-order valence-corrected chi connectivity index (χ4v) is 2.98. The van der Waals surface area contributed by atoms with Gasteiger partial charge in [0.2, 0.25) is 5.89 Å². The molecule has 31 heavy (non-hydrogen) atoms. The van der Waals surface area contributed by atoms with E-state index in [2.05, 4.69) is 42.7 Å². The second-order valence-electron chi connectivity index (χ2n) is 6.67. The summed E-state index contributed by atoms with van der Waals surface area (Å²) in [5.41, 5.74) is 3.82. The third kappa shape index (κ3) is 6.17. The number of nitrogens with zero attached hydrogens (tertiary/aromatic N) is 3.